The van der Waals surface area contributed by atoms with Crippen LogP contribution in [-0.2, 0) is 9.47 Å². The van der Waals surface area contributed by atoms with Gasteiger partial charge in [-0.3, -0.25) is 0 Å². The van der Waals surface area contributed by atoms with Crippen molar-refractivity contribution in [2.75, 3.05) is 19.5 Å². The number of carbonyl (C=O) groups excluding carboxylic acids is 1. The van der Waals surface area contributed by atoms with E-state index in [4.69, 9.17) is 38.4 Å². The summed E-state index contributed by atoms with van der Waals surface area (Å²) in [5, 5.41) is 0.378. The topological polar surface area (TPSA) is 61.5 Å². The Bertz CT molecular complexity index is 438. The van der Waals surface area contributed by atoms with Crippen LogP contribution in [0.1, 0.15) is 23.7 Å². The summed E-state index contributed by atoms with van der Waals surface area (Å²) in [4.78, 5) is 11.9. The van der Waals surface area contributed by atoms with Crippen LogP contribution in [0.2, 0.25) is 10.0 Å². The van der Waals surface area contributed by atoms with Crippen LogP contribution in [-0.4, -0.2) is 25.8 Å². The third kappa shape index (κ3) is 4.05. The standard InChI is InChI=1S/C12H15Cl2NO3/c1-7(3-4-17-2)18-12(16)9-5-8(15)6-10(13)11(9)14/h5-7H,3-4,15H2,1-2H3. The first-order valence-electron chi connectivity index (χ1n) is 5.40. The molecule has 0 bridgehead atoms. The summed E-state index contributed by atoms with van der Waals surface area (Å²) in [5.41, 5.74) is 6.14. The Hall–Kier alpha value is -0.970. The molecule has 1 atom stereocenters. The number of benzene rings is 1. The normalized spacial score (nSPS) is 12.2. The molecule has 2 N–H and O–H groups in total. The van der Waals surface area contributed by atoms with E-state index in [9.17, 15) is 4.79 Å². The minimum Gasteiger partial charge on any atom is -0.459 e. The van der Waals surface area contributed by atoms with Crippen LogP contribution in [0.25, 0.3) is 0 Å². The lowest BCUT2D eigenvalue weighted by molar-refractivity contribution is 0.0267. The van der Waals surface area contributed by atoms with E-state index in [1.807, 2.05) is 0 Å². The molecule has 100 valence electrons. The number of halogens is 2. The molecule has 0 fully saturated rings. The van der Waals surface area contributed by atoms with Crippen LogP contribution in [0, 0.1) is 0 Å². The van der Waals surface area contributed by atoms with Gasteiger partial charge in [0.15, 0.2) is 0 Å². The molecule has 0 heterocycles. The van der Waals surface area contributed by atoms with Crippen molar-refractivity contribution in [3.63, 3.8) is 0 Å². The molecule has 0 aromatic heterocycles. The van der Waals surface area contributed by atoms with Crippen molar-refractivity contribution < 1.29 is 14.3 Å². The number of ether oxygens (including phenoxy) is 2. The summed E-state index contributed by atoms with van der Waals surface area (Å²) >= 11 is 11.8. The van der Waals surface area contributed by atoms with Crippen molar-refractivity contribution in [2.24, 2.45) is 0 Å². The van der Waals surface area contributed by atoms with Gasteiger partial charge in [-0.15, -0.1) is 0 Å². The molecule has 1 aromatic carbocycles. The molecular weight excluding hydrogens is 277 g/mol. The van der Waals surface area contributed by atoms with Crippen LogP contribution in [0.5, 0.6) is 0 Å². The first kappa shape index (κ1) is 15.1. The third-order valence-corrected chi connectivity index (χ3v) is 3.11. The van der Waals surface area contributed by atoms with Crippen LogP contribution in [0.4, 0.5) is 5.69 Å². The maximum Gasteiger partial charge on any atom is 0.340 e. The van der Waals surface area contributed by atoms with E-state index < -0.39 is 5.97 Å². The number of hydrogen-bond donors (Lipinski definition) is 1. The van der Waals surface area contributed by atoms with Gasteiger partial charge in [-0.05, 0) is 19.1 Å². The maximum absolute atomic E-state index is 11.9. The van der Waals surface area contributed by atoms with Gasteiger partial charge in [0.1, 0.15) is 6.10 Å². The minimum atomic E-state index is -0.544. The second-order valence-corrected chi connectivity index (χ2v) is 4.65. The zero-order valence-electron chi connectivity index (χ0n) is 10.2. The molecule has 1 rings (SSSR count). The predicted molar refractivity (Wildman–Crippen MR) is 72.2 cm³/mol. The Labute approximate surface area is 116 Å². The highest BCUT2D eigenvalue weighted by Gasteiger charge is 2.17. The molecule has 0 amide bonds. The zero-order chi connectivity index (χ0) is 13.7. The number of anilines is 1. The first-order chi connectivity index (χ1) is 8.45. The zero-order valence-corrected chi connectivity index (χ0v) is 11.7. The lowest BCUT2D eigenvalue weighted by Crippen LogP contribution is -2.17. The van der Waals surface area contributed by atoms with Gasteiger partial charge >= 0.3 is 5.97 Å². The molecule has 6 heteroatoms. The Balaban J connectivity index is 2.78. The highest BCUT2D eigenvalue weighted by atomic mass is 35.5. The first-order valence-corrected chi connectivity index (χ1v) is 6.15. The second kappa shape index (κ2) is 6.83. The minimum absolute atomic E-state index is 0.148. The number of esters is 1. The average molecular weight is 292 g/mol. The van der Waals surface area contributed by atoms with Crippen molar-refractivity contribution in [3.8, 4) is 0 Å². The van der Waals surface area contributed by atoms with Gasteiger partial charge in [0, 0.05) is 25.8 Å². The monoisotopic (exact) mass is 291 g/mol. The molecule has 18 heavy (non-hydrogen) atoms. The molecule has 0 saturated carbocycles. The summed E-state index contributed by atoms with van der Waals surface area (Å²) in [6.45, 7) is 2.29. The van der Waals surface area contributed by atoms with Gasteiger partial charge in [0.05, 0.1) is 15.6 Å². The maximum atomic E-state index is 11.9. The molecule has 0 aliphatic carbocycles. The fourth-order valence-electron chi connectivity index (χ4n) is 1.35. The highest BCUT2D eigenvalue weighted by molar-refractivity contribution is 6.44. The molecule has 1 aromatic rings. The largest absolute Gasteiger partial charge is 0.459 e. The van der Waals surface area contributed by atoms with Crippen molar-refractivity contribution >= 4 is 34.9 Å². The van der Waals surface area contributed by atoms with Crippen molar-refractivity contribution in [1.29, 1.82) is 0 Å². The second-order valence-electron chi connectivity index (χ2n) is 3.86. The summed E-state index contributed by atoms with van der Waals surface area (Å²) in [6.07, 6.45) is 0.337. The number of nitrogen functional groups attached to an aromatic ring is 1. The van der Waals surface area contributed by atoms with Crippen LogP contribution >= 0.6 is 23.2 Å². The fourth-order valence-corrected chi connectivity index (χ4v) is 1.76. The van der Waals surface area contributed by atoms with Gasteiger partial charge in [-0.25, -0.2) is 4.79 Å². The van der Waals surface area contributed by atoms with E-state index in [0.717, 1.165) is 0 Å². The molecule has 1 unspecified atom stereocenters. The average Bonchev–Trinajstić information content (AvgIpc) is 2.30. The van der Waals surface area contributed by atoms with Gasteiger partial charge in [-0.1, -0.05) is 23.2 Å². The Morgan fingerprint density at radius 2 is 2.11 bits per heavy atom. The number of carbonyl (C=O) groups is 1. The molecule has 0 radical (unpaired) electrons. The lowest BCUT2D eigenvalue weighted by atomic mass is 10.2. The van der Waals surface area contributed by atoms with E-state index >= 15 is 0 Å². The Kier molecular flexibility index (Phi) is 5.72. The molecular formula is C12H15Cl2NO3. The SMILES string of the molecule is COCCC(C)OC(=O)c1cc(N)cc(Cl)c1Cl. The molecule has 0 aliphatic heterocycles. The van der Waals surface area contributed by atoms with E-state index in [1.54, 1.807) is 14.0 Å². The lowest BCUT2D eigenvalue weighted by Gasteiger charge is -2.14. The fraction of sp³-hybridized carbons (Fsp3) is 0.417. The smallest absolute Gasteiger partial charge is 0.340 e. The van der Waals surface area contributed by atoms with Gasteiger partial charge in [0.25, 0.3) is 0 Å². The summed E-state index contributed by atoms with van der Waals surface area (Å²) in [5.74, 6) is -0.544. The number of methoxy groups -OCH3 is 1. The predicted octanol–water partition coefficient (Wildman–Crippen LogP) is 3.16. The van der Waals surface area contributed by atoms with E-state index in [0.29, 0.717) is 18.7 Å². The quantitative estimate of drug-likeness (QED) is 0.669. The summed E-state index contributed by atoms with van der Waals surface area (Å²) < 4.78 is 10.1. The summed E-state index contributed by atoms with van der Waals surface area (Å²) in [7, 11) is 1.59. The number of rotatable bonds is 5. The van der Waals surface area contributed by atoms with Gasteiger partial charge in [0.2, 0.25) is 0 Å². The van der Waals surface area contributed by atoms with Crippen molar-refractivity contribution in [1.82, 2.24) is 0 Å². The van der Waals surface area contributed by atoms with Gasteiger partial charge in [-0.2, -0.15) is 0 Å². The van der Waals surface area contributed by atoms with Gasteiger partial charge < -0.3 is 15.2 Å². The van der Waals surface area contributed by atoms with Crippen LogP contribution in [0.15, 0.2) is 12.1 Å². The molecule has 0 spiro atoms. The van der Waals surface area contributed by atoms with E-state index in [1.165, 1.54) is 12.1 Å². The van der Waals surface area contributed by atoms with E-state index in [2.05, 4.69) is 0 Å². The van der Waals surface area contributed by atoms with Crippen molar-refractivity contribution in [2.45, 2.75) is 19.4 Å². The van der Waals surface area contributed by atoms with E-state index in [-0.39, 0.29) is 21.7 Å². The van der Waals surface area contributed by atoms with Crippen molar-refractivity contribution in [3.05, 3.63) is 27.7 Å². The molecule has 0 aliphatic rings. The Morgan fingerprint density at radius 3 is 2.72 bits per heavy atom. The Morgan fingerprint density at radius 1 is 1.44 bits per heavy atom. The molecule has 4 nitrogen and oxygen atoms in total. The number of hydrogen-bond acceptors (Lipinski definition) is 4. The molecule has 0 saturated heterocycles. The van der Waals surface area contributed by atoms with Crippen LogP contribution < -0.4 is 5.73 Å². The third-order valence-electron chi connectivity index (χ3n) is 2.31. The highest BCUT2D eigenvalue weighted by Crippen LogP contribution is 2.29. The van der Waals surface area contributed by atoms with Crippen LogP contribution in [0.3, 0.4) is 0 Å². The summed E-state index contributed by atoms with van der Waals surface area (Å²) in [6, 6.07) is 2.93. The number of nitrogens with two attached hydrogens (primary N) is 1.